The van der Waals surface area contributed by atoms with Gasteiger partial charge in [0.15, 0.2) is 0 Å². The molecule has 0 aromatic heterocycles. The van der Waals surface area contributed by atoms with Crippen molar-refractivity contribution in [3.8, 4) is 0 Å². The van der Waals surface area contributed by atoms with Crippen LogP contribution in [0.25, 0.3) is 0 Å². The average Bonchev–Trinajstić information content (AvgIpc) is 3.56. The maximum atomic E-state index is 3.88. The van der Waals surface area contributed by atoms with Crippen LogP contribution in [0.3, 0.4) is 0 Å². The van der Waals surface area contributed by atoms with Gasteiger partial charge in [-0.1, -0.05) is 238 Å². The molecule has 0 spiro atoms. The molecular formula is C84H144Al2Zn2. The van der Waals surface area contributed by atoms with E-state index in [4.69, 9.17) is 0 Å². The fourth-order valence-electron chi connectivity index (χ4n) is 13.9. The minimum Gasteiger partial charge on any atom is -0.343 e. The van der Waals surface area contributed by atoms with Crippen molar-refractivity contribution in [1.29, 1.82) is 0 Å². The monoisotopic (exact) mass is 1330 g/mol. The largest absolute Gasteiger partial charge is 2.00 e. The first-order valence-electron chi connectivity index (χ1n) is 37.5. The second-order valence-corrected chi connectivity index (χ2v) is 36.5. The summed E-state index contributed by atoms with van der Waals surface area (Å²) in [4.78, 5) is 0. The van der Waals surface area contributed by atoms with Gasteiger partial charge in [0.05, 0.1) is 0 Å². The Labute approximate surface area is 587 Å². The van der Waals surface area contributed by atoms with Gasteiger partial charge in [-0.05, 0) is 229 Å². The van der Waals surface area contributed by atoms with Crippen molar-refractivity contribution in [3.05, 3.63) is 149 Å². The van der Waals surface area contributed by atoms with E-state index in [9.17, 15) is 0 Å². The number of hydrogen-bond acceptors (Lipinski definition) is 0. The Hall–Kier alpha value is -0.288. The molecule has 9 atom stereocenters. The summed E-state index contributed by atoms with van der Waals surface area (Å²) < 4.78 is 0. The van der Waals surface area contributed by atoms with Crippen LogP contribution in [0.4, 0.5) is 0 Å². The maximum absolute atomic E-state index is 3.88. The molecule has 9 aliphatic rings. The molecule has 0 radical (unpaired) electrons. The zero-order chi connectivity index (χ0) is 62.5. The molecule has 9 unspecified atom stereocenters. The van der Waals surface area contributed by atoms with Gasteiger partial charge in [-0.25, -0.2) is 0 Å². The van der Waals surface area contributed by atoms with Gasteiger partial charge in [-0.15, -0.1) is 6.58 Å². The van der Waals surface area contributed by atoms with E-state index in [1.807, 2.05) is 13.8 Å². The van der Waals surface area contributed by atoms with E-state index in [-0.39, 0.29) is 39.0 Å². The van der Waals surface area contributed by atoms with E-state index in [1.54, 1.807) is 70.2 Å². The molecule has 0 nitrogen and oxygen atoms in total. The van der Waals surface area contributed by atoms with E-state index >= 15 is 0 Å². The Morgan fingerprint density at radius 1 is 0.330 bits per heavy atom. The topological polar surface area (TPSA) is 0 Å². The quantitative estimate of drug-likeness (QED) is 0.0610. The summed E-state index contributed by atoms with van der Waals surface area (Å²) in [6, 6.07) is 0. The number of allylic oxidation sites excluding steroid dienone is 19. The molecule has 0 heterocycles. The van der Waals surface area contributed by atoms with Crippen LogP contribution in [0.15, 0.2) is 122 Å². The average molecular weight is 1340 g/mol. The van der Waals surface area contributed by atoms with Crippen molar-refractivity contribution < 1.29 is 39.0 Å². The zero-order valence-corrected chi connectivity index (χ0v) is 68.3. The van der Waals surface area contributed by atoms with Crippen molar-refractivity contribution in [2.45, 2.75) is 311 Å². The SMILES string of the molecule is C1=CCC(C[CH2][Al]([CH2]CC2CC=CCC2)[CH2]CC2CC=CCC2)CC1.C1=CCC(C[CH2][Al]([CH2]CC2CC=CCC2)[CH2]CC2CC=CCC2)CC1.C=C(C)C.CCC1CC=CCC1.[CH2-]C(C)C.[CH2-]C(C)C.[CH2-]CC1CC=CCC1.[CH2-]CC1CC=CCC1.[Zn+2].[Zn+2]. The second kappa shape index (κ2) is 61.6. The van der Waals surface area contributed by atoms with Gasteiger partial charge in [0.2, 0.25) is 0 Å². The molecule has 9 aliphatic carbocycles. The van der Waals surface area contributed by atoms with E-state index in [0.717, 1.165) is 66.1 Å². The van der Waals surface area contributed by atoms with Gasteiger partial charge in [0.1, 0.15) is 0 Å². The molecule has 0 aromatic carbocycles. The molecule has 0 aliphatic heterocycles. The summed E-state index contributed by atoms with van der Waals surface area (Å²) in [5.74, 6) is 10.1. The van der Waals surface area contributed by atoms with E-state index < -0.39 is 28.3 Å². The summed E-state index contributed by atoms with van der Waals surface area (Å²) in [7, 11) is 0. The molecule has 490 valence electrons. The Balaban J connectivity index is 0.00000110. The number of hydrogen-bond donors (Lipinski definition) is 0. The van der Waals surface area contributed by atoms with Gasteiger partial charge < -0.3 is 27.7 Å². The third kappa shape index (κ3) is 53.0. The molecule has 0 saturated carbocycles. The molecule has 0 N–H and O–H groups in total. The maximum Gasteiger partial charge on any atom is 2.00 e. The van der Waals surface area contributed by atoms with Crippen molar-refractivity contribution in [3.63, 3.8) is 0 Å². The molecule has 4 heteroatoms. The van der Waals surface area contributed by atoms with Crippen molar-refractivity contribution in [1.82, 2.24) is 0 Å². The molecular weight excluding hydrogens is 1190 g/mol. The number of rotatable bonds is 21. The fraction of sp³-hybridized carbons (Fsp3) is 0.714. The normalized spacial score (nSPS) is 25.4. The van der Waals surface area contributed by atoms with Gasteiger partial charge in [0, 0.05) is 0 Å². The summed E-state index contributed by atoms with van der Waals surface area (Å²) in [5.41, 5.74) is 1.17. The summed E-state index contributed by atoms with van der Waals surface area (Å²) in [5, 5.41) is 9.85. The van der Waals surface area contributed by atoms with Gasteiger partial charge >= 0.3 is 39.0 Å². The van der Waals surface area contributed by atoms with Crippen LogP contribution < -0.4 is 0 Å². The predicted octanol–water partition coefficient (Wildman–Crippen LogP) is 27.9. The van der Waals surface area contributed by atoms with Crippen LogP contribution in [-0.4, -0.2) is 28.3 Å². The Morgan fingerprint density at radius 2 is 0.477 bits per heavy atom. The van der Waals surface area contributed by atoms with E-state index in [2.05, 4.69) is 178 Å². The summed E-state index contributed by atoms with van der Waals surface area (Å²) in [6.45, 7) is 33.0. The van der Waals surface area contributed by atoms with Crippen LogP contribution >= 0.6 is 0 Å². The summed E-state index contributed by atoms with van der Waals surface area (Å²) >= 11 is -1.04. The van der Waals surface area contributed by atoms with Crippen LogP contribution in [0, 0.1) is 92.8 Å². The Bertz CT molecular complexity index is 1550. The van der Waals surface area contributed by atoms with Gasteiger partial charge in [-0.3, -0.25) is 0 Å². The molecule has 88 heavy (non-hydrogen) atoms. The van der Waals surface area contributed by atoms with Gasteiger partial charge in [0.25, 0.3) is 28.3 Å². The van der Waals surface area contributed by atoms with E-state index in [0.29, 0.717) is 11.8 Å². The fourth-order valence-corrected chi connectivity index (χ4v) is 21.3. The molecule has 9 rings (SSSR count). The first-order chi connectivity index (χ1) is 41.8. The Morgan fingerprint density at radius 3 is 0.580 bits per heavy atom. The molecule has 0 bridgehead atoms. The van der Waals surface area contributed by atoms with Crippen LogP contribution in [0.2, 0.25) is 31.7 Å². The third-order valence-electron chi connectivity index (χ3n) is 19.7. The molecule has 0 aromatic rings. The summed E-state index contributed by atoms with van der Waals surface area (Å²) in [6.07, 6.45) is 92.8. The smallest absolute Gasteiger partial charge is 0.343 e. The van der Waals surface area contributed by atoms with Gasteiger partial charge in [-0.2, -0.15) is 24.7 Å². The van der Waals surface area contributed by atoms with Crippen LogP contribution in [-0.2, 0) is 39.0 Å². The second-order valence-electron chi connectivity index (χ2n) is 29.5. The van der Waals surface area contributed by atoms with Crippen molar-refractivity contribution in [2.24, 2.45) is 65.1 Å². The first-order valence-corrected chi connectivity index (χ1v) is 42.4. The zero-order valence-electron chi connectivity index (χ0n) is 60.0. The minimum atomic E-state index is -0.519. The third-order valence-corrected chi connectivity index (χ3v) is 26.6. The molecule has 0 amide bonds. The van der Waals surface area contributed by atoms with Crippen molar-refractivity contribution in [2.75, 3.05) is 0 Å². The van der Waals surface area contributed by atoms with Crippen LogP contribution in [0.5, 0.6) is 0 Å². The standard InChI is InChI=1S/C8H14.8C8H13.2C4H9.C4H8.2Al.2Zn/c9*1-2-8-6-4-3-5-7-8;3*1-4(2)3;;;;/h3-4,8H,2,5-7H2,1H3;8*3-4,8H,1-2,5-7H2;2*4H,1H2,2-3H3;1H2,2-3H3;;;;/q;;;;;;;4*-1;;;;2*+2. The minimum absolute atomic E-state index is 0. The Kier molecular flexibility index (Phi) is 61.4. The van der Waals surface area contributed by atoms with E-state index in [1.165, 1.54) is 185 Å². The van der Waals surface area contributed by atoms with Crippen molar-refractivity contribution >= 4 is 28.3 Å². The predicted molar refractivity (Wildman–Crippen MR) is 397 cm³/mol. The molecule has 0 saturated heterocycles. The molecule has 0 fully saturated rings. The first kappa shape index (κ1) is 87.7. The van der Waals surface area contributed by atoms with Crippen LogP contribution in [0.1, 0.15) is 280 Å².